The molecule has 4 atom stereocenters. The number of imide groups is 1. The maximum Gasteiger partial charge on any atom is 0.266 e. The first kappa shape index (κ1) is 14.3. The van der Waals surface area contributed by atoms with E-state index in [2.05, 4.69) is 5.32 Å². The molecule has 111 valence electrons. The summed E-state index contributed by atoms with van der Waals surface area (Å²) in [6, 6.07) is 8.85. The summed E-state index contributed by atoms with van der Waals surface area (Å²) in [5.74, 6) is 0.371. The fourth-order valence-electron chi connectivity index (χ4n) is 3.78. The Kier molecular flexibility index (Phi) is 4.06. The van der Waals surface area contributed by atoms with Crippen LogP contribution in [0.15, 0.2) is 30.3 Å². The van der Waals surface area contributed by atoms with Gasteiger partial charge in [0.05, 0.1) is 6.04 Å². The molecule has 4 nitrogen and oxygen atoms in total. The second kappa shape index (κ2) is 5.98. The van der Waals surface area contributed by atoms with Crippen LogP contribution in [-0.2, 0) is 16.0 Å². The van der Waals surface area contributed by atoms with E-state index < -0.39 is 11.9 Å². The van der Waals surface area contributed by atoms with Crippen molar-refractivity contribution < 1.29 is 9.59 Å². The second-order valence-corrected chi connectivity index (χ2v) is 6.37. The van der Waals surface area contributed by atoms with E-state index in [0.717, 1.165) is 24.8 Å². The highest BCUT2D eigenvalue weighted by Crippen LogP contribution is 2.48. The van der Waals surface area contributed by atoms with Crippen molar-refractivity contribution in [3.05, 3.63) is 35.9 Å². The molecular formula is C17H21N2O2. The minimum Gasteiger partial charge on any atom is -0.320 e. The number of hydrogen-bond acceptors (Lipinski definition) is 3. The van der Waals surface area contributed by atoms with Crippen LogP contribution in [0.25, 0.3) is 0 Å². The molecule has 21 heavy (non-hydrogen) atoms. The van der Waals surface area contributed by atoms with E-state index in [1.807, 2.05) is 30.3 Å². The molecule has 2 aliphatic carbocycles. The van der Waals surface area contributed by atoms with E-state index >= 15 is 0 Å². The van der Waals surface area contributed by atoms with Crippen molar-refractivity contribution in [3.63, 3.8) is 0 Å². The molecule has 3 unspecified atom stereocenters. The molecule has 2 fully saturated rings. The molecule has 0 spiro atoms. The lowest BCUT2D eigenvalue weighted by Gasteiger charge is -2.19. The van der Waals surface area contributed by atoms with Crippen LogP contribution in [0.2, 0.25) is 0 Å². The topological polar surface area (TPSA) is 74.3 Å². The average molecular weight is 285 g/mol. The van der Waals surface area contributed by atoms with Gasteiger partial charge in [-0.25, -0.2) is 0 Å². The van der Waals surface area contributed by atoms with Gasteiger partial charge in [0.1, 0.15) is 0 Å². The largest absolute Gasteiger partial charge is 0.320 e. The second-order valence-electron chi connectivity index (χ2n) is 6.37. The number of amides is 2. The van der Waals surface area contributed by atoms with Gasteiger partial charge in [-0.3, -0.25) is 9.59 Å². The molecule has 0 aromatic heterocycles. The number of nitrogens with two attached hydrogens (primary N) is 1. The highest BCUT2D eigenvalue weighted by Gasteiger charge is 2.44. The lowest BCUT2D eigenvalue weighted by atomic mass is 9.88. The highest BCUT2D eigenvalue weighted by atomic mass is 16.2. The first-order chi connectivity index (χ1) is 10.1. The molecule has 1 aromatic carbocycles. The lowest BCUT2D eigenvalue weighted by Crippen LogP contribution is -2.43. The Labute approximate surface area is 125 Å². The molecule has 2 amide bonds. The molecule has 2 aliphatic rings. The van der Waals surface area contributed by atoms with Crippen LogP contribution >= 0.6 is 0 Å². The monoisotopic (exact) mass is 285 g/mol. The third-order valence-electron chi connectivity index (χ3n) is 4.89. The molecule has 2 bridgehead atoms. The number of carbonyl (C=O) groups excluding carboxylic acids is 2. The number of fused-ring (bicyclic) bond motifs is 2. The summed E-state index contributed by atoms with van der Waals surface area (Å²) in [6.45, 7) is 0. The van der Waals surface area contributed by atoms with Crippen molar-refractivity contribution in [3.8, 4) is 0 Å². The molecule has 0 saturated heterocycles. The molecule has 0 aliphatic heterocycles. The zero-order valence-electron chi connectivity index (χ0n) is 12.1. The van der Waals surface area contributed by atoms with Crippen LogP contribution in [0.3, 0.4) is 0 Å². The van der Waals surface area contributed by atoms with Crippen molar-refractivity contribution in [2.45, 2.75) is 38.1 Å². The summed E-state index contributed by atoms with van der Waals surface area (Å²) in [4.78, 5) is 24.2. The standard InChI is InChI=1S/C17H21N2O2/c18-15(10-11-4-2-1-3-5-11)17(21)19-16(20)14-9-12-6-7-13(14)8-12/h1-5,12-15H,6-10,18H2/t12?,13?,14?,15-/m0/s1. The quantitative estimate of drug-likeness (QED) is 0.914. The molecule has 1 aromatic rings. The van der Waals surface area contributed by atoms with Crippen LogP contribution in [0.5, 0.6) is 0 Å². The number of nitrogens with zero attached hydrogens (tertiary/aromatic N) is 1. The highest BCUT2D eigenvalue weighted by molar-refractivity contribution is 5.98. The fraction of sp³-hybridized carbons (Fsp3) is 0.529. The van der Waals surface area contributed by atoms with E-state index in [0.29, 0.717) is 18.3 Å². The molecular weight excluding hydrogens is 264 g/mol. The van der Waals surface area contributed by atoms with Gasteiger partial charge in [-0.05, 0) is 43.1 Å². The molecule has 2 saturated carbocycles. The predicted molar refractivity (Wildman–Crippen MR) is 79.2 cm³/mol. The van der Waals surface area contributed by atoms with Gasteiger partial charge in [-0.1, -0.05) is 36.8 Å². The Bertz CT molecular complexity index is 529. The molecule has 0 heterocycles. The first-order valence-corrected chi connectivity index (χ1v) is 7.72. The minimum absolute atomic E-state index is 0.0309. The van der Waals surface area contributed by atoms with E-state index in [4.69, 9.17) is 5.73 Å². The number of benzene rings is 1. The van der Waals surface area contributed by atoms with Gasteiger partial charge in [-0.15, -0.1) is 0 Å². The average Bonchev–Trinajstić information content (AvgIpc) is 3.11. The van der Waals surface area contributed by atoms with E-state index in [9.17, 15) is 9.59 Å². The Morgan fingerprint density at radius 2 is 1.95 bits per heavy atom. The Morgan fingerprint density at radius 1 is 1.19 bits per heavy atom. The Hall–Kier alpha value is -1.68. The van der Waals surface area contributed by atoms with Crippen molar-refractivity contribution in [1.29, 1.82) is 0 Å². The summed E-state index contributed by atoms with van der Waals surface area (Å²) in [6.07, 6.45) is 4.81. The molecule has 2 N–H and O–H groups in total. The van der Waals surface area contributed by atoms with E-state index in [-0.39, 0.29) is 11.8 Å². The Balaban J connectivity index is 1.52. The first-order valence-electron chi connectivity index (χ1n) is 7.72. The lowest BCUT2D eigenvalue weighted by molar-refractivity contribution is -0.134. The van der Waals surface area contributed by atoms with Crippen molar-refractivity contribution >= 4 is 11.8 Å². The summed E-state index contributed by atoms with van der Waals surface area (Å²) in [7, 11) is 0. The van der Waals surface area contributed by atoms with Gasteiger partial charge >= 0.3 is 0 Å². The zero-order valence-corrected chi connectivity index (χ0v) is 12.1. The van der Waals surface area contributed by atoms with E-state index in [1.165, 1.54) is 6.42 Å². The summed E-state index contributed by atoms with van der Waals surface area (Å²) >= 11 is 0. The summed E-state index contributed by atoms with van der Waals surface area (Å²) in [5.41, 5.74) is 6.86. The Morgan fingerprint density at radius 3 is 2.57 bits per heavy atom. The SMILES string of the molecule is N[C@@H](Cc1ccccc1)C(=O)[N]C(=O)C1CC2CCC1C2. The number of carbonyl (C=O) groups is 2. The van der Waals surface area contributed by atoms with Crippen molar-refractivity contribution in [2.75, 3.05) is 0 Å². The van der Waals surface area contributed by atoms with Crippen LogP contribution in [-0.4, -0.2) is 17.9 Å². The summed E-state index contributed by atoms with van der Waals surface area (Å²) in [5, 5.41) is 3.77. The van der Waals surface area contributed by atoms with Crippen molar-refractivity contribution in [1.82, 2.24) is 5.32 Å². The van der Waals surface area contributed by atoms with Gasteiger partial charge < -0.3 is 5.73 Å². The number of hydrogen-bond donors (Lipinski definition) is 1. The fourth-order valence-corrected chi connectivity index (χ4v) is 3.78. The molecule has 3 rings (SSSR count). The predicted octanol–water partition coefficient (Wildman–Crippen LogP) is 1.65. The van der Waals surface area contributed by atoms with Gasteiger partial charge in [-0.2, -0.15) is 5.32 Å². The van der Waals surface area contributed by atoms with Crippen LogP contribution < -0.4 is 11.1 Å². The number of rotatable bonds is 4. The van der Waals surface area contributed by atoms with Gasteiger partial charge in [0.2, 0.25) is 0 Å². The van der Waals surface area contributed by atoms with Gasteiger partial charge in [0.25, 0.3) is 11.8 Å². The third kappa shape index (κ3) is 3.16. The molecule has 4 heteroatoms. The third-order valence-corrected chi connectivity index (χ3v) is 4.89. The van der Waals surface area contributed by atoms with Crippen LogP contribution in [0.1, 0.15) is 31.2 Å². The van der Waals surface area contributed by atoms with Crippen molar-refractivity contribution in [2.24, 2.45) is 23.5 Å². The summed E-state index contributed by atoms with van der Waals surface area (Å²) < 4.78 is 0. The van der Waals surface area contributed by atoms with Crippen LogP contribution in [0.4, 0.5) is 0 Å². The normalized spacial score (nSPS) is 28.3. The van der Waals surface area contributed by atoms with Gasteiger partial charge in [0.15, 0.2) is 0 Å². The maximum absolute atomic E-state index is 12.2. The van der Waals surface area contributed by atoms with E-state index in [1.54, 1.807) is 0 Å². The smallest absolute Gasteiger partial charge is 0.266 e. The van der Waals surface area contributed by atoms with Gasteiger partial charge in [0, 0.05) is 5.92 Å². The zero-order chi connectivity index (χ0) is 14.8. The minimum atomic E-state index is -0.727. The van der Waals surface area contributed by atoms with Crippen LogP contribution in [0, 0.1) is 17.8 Å². The maximum atomic E-state index is 12.2. The molecule has 1 radical (unpaired) electrons.